The summed E-state index contributed by atoms with van der Waals surface area (Å²) in [5, 5.41) is 0.685. The molecular formula is C23H30ClN3O3S. The lowest BCUT2D eigenvalue weighted by atomic mass is 10.1. The minimum absolute atomic E-state index is 0.188. The summed E-state index contributed by atoms with van der Waals surface area (Å²) in [5.41, 5.74) is 4.63. The maximum absolute atomic E-state index is 13.3. The predicted octanol–water partition coefficient (Wildman–Crippen LogP) is 3.77. The van der Waals surface area contributed by atoms with Crippen LogP contribution in [-0.4, -0.2) is 57.7 Å². The molecule has 0 radical (unpaired) electrons. The number of carbonyl (C=O) groups excluding carboxylic acids is 1. The fraction of sp³-hybridized carbons (Fsp3) is 0.435. The van der Waals surface area contributed by atoms with Crippen molar-refractivity contribution in [2.45, 2.75) is 33.7 Å². The van der Waals surface area contributed by atoms with Gasteiger partial charge in [-0.3, -0.25) is 9.10 Å². The standard InChI is InChI=1S/C23H30ClN3O3S/c1-16-12-17(2)14-21(13-16)27(31(5,29)30)19(4)23(28)26-10-8-25(9-11-26)22-15-20(24)7-6-18(22)3/h6-7,12-15,19H,8-11H2,1-5H3. The topological polar surface area (TPSA) is 60.9 Å². The second kappa shape index (κ2) is 9.09. The molecule has 1 atom stereocenters. The number of hydrogen-bond acceptors (Lipinski definition) is 4. The zero-order valence-electron chi connectivity index (χ0n) is 18.7. The van der Waals surface area contributed by atoms with Crippen molar-refractivity contribution in [3.63, 3.8) is 0 Å². The Morgan fingerprint density at radius 2 is 1.58 bits per heavy atom. The molecule has 6 nitrogen and oxygen atoms in total. The zero-order chi connectivity index (χ0) is 22.9. The Hall–Kier alpha value is -2.25. The van der Waals surface area contributed by atoms with Gasteiger partial charge < -0.3 is 9.80 Å². The van der Waals surface area contributed by atoms with Crippen LogP contribution in [0.1, 0.15) is 23.6 Å². The zero-order valence-corrected chi connectivity index (χ0v) is 20.3. The Morgan fingerprint density at radius 1 is 1.00 bits per heavy atom. The molecule has 1 unspecified atom stereocenters. The van der Waals surface area contributed by atoms with Gasteiger partial charge in [0.1, 0.15) is 6.04 Å². The average Bonchev–Trinajstić information content (AvgIpc) is 2.67. The van der Waals surface area contributed by atoms with Crippen LogP contribution in [0.2, 0.25) is 5.02 Å². The molecule has 3 rings (SSSR count). The van der Waals surface area contributed by atoms with Gasteiger partial charge in [0, 0.05) is 36.9 Å². The van der Waals surface area contributed by atoms with E-state index in [1.165, 1.54) is 4.31 Å². The number of benzene rings is 2. The van der Waals surface area contributed by atoms with Crippen molar-refractivity contribution in [1.82, 2.24) is 4.90 Å². The summed E-state index contributed by atoms with van der Waals surface area (Å²) in [5.74, 6) is -0.188. The Labute approximate surface area is 190 Å². The van der Waals surface area contributed by atoms with Gasteiger partial charge in [0.25, 0.3) is 0 Å². The Morgan fingerprint density at radius 3 is 2.13 bits per heavy atom. The third-order valence-corrected chi connectivity index (χ3v) is 7.11. The molecule has 0 aromatic heterocycles. The number of halogens is 1. The molecule has 1 amide bonds. The van der Waals surface area contributed by atoms with Gasteiger partial charge in [-0.05, 0) is 68.7 Å². The number of carbonyl (C=O) groups is 1. The number of nitrogens with zero attached hydrogens (tertiary/aromatic N) is 3. The molecule has 0 spiro atoms. The van der Waals surface area contributed by atoms with E-state index in [9.17, 15) is 13.2 Å². The molecule has 8 heteroatoms. The highest BCUT2D eigenvalue weighted by atomic mass is 35.5. The first-order valence-corrected chi connectivity index (χ1v) is 12.6. The molecule has 0 N–H and O–H groups in total. The van der Waals surface area contributed by atoms with Crippen molar-refractivity contribution in [3.05, 3.63) is 58.1 Å². The summed E-state index contributed by atoms with van der Waals surface area (Å²) in [4.78, 5) is 17.2. The fourth-order valence-electron chi connectivity index (χ4n) is 4.24. The van der Waals surface area contributed by atoms with Crippen LogP contribution in [0.25, 0.3) is 0 Å². The van der Waals surface area contributed by atoms with Crippen molar-refractivity contribution in [1.29, 1.82) is 0 Å². The quantitative estimate of drug-likeness (QED) is 0.677. The molecule has 0 saturated carbocycles. The molecule has 2 aromatic carbocycles. The maximum atomic E-state index is 13.3. The fourth-order valence-corrected chi connectivity index (χ4v) is 5.55. The van der Waals surface area contributed by atoms with Crippen molar-refractivity contribution >= 4 is 38.9 Å². The highest BCUT2D eigenvalue weighted by molar-refractivity contribution is 7.92. The molecule has 1 aliphatic heterocycles. The lowest BCUT2D eigenvalue weighted by Gasteiger charge is -2.39. The van der Waals surface area contributed by atoms with Crippen molar-refractivity contribution in [3.8, 4) is 0 Å². The van der Waals surface area contributed by atoms with E-state index in [1.807, 2.05) is 45.0 Å². The molecule has 1 fully saturated rings. The number of piperazine rings is 1. The highest BCUT2D eigenvalue weighted by Crippen LogP contribution is 2.27. The summed E-state index contributed by atoms with van der Waals surface area (Å²) in [6, 6.07) is 10.6. The van der Waals surface area contributed by atoms with E-state index in [4.69, 9.17) is 11.6 Å². The van der Waals surface area contributed by atoms with Crippen LogP contribution in [0.4, 0.5) is 11.4 Å². The second-order valence-electron chi connectivity index (χ2n) is 8.32. The number of amides is 1. The van der Waals surface area contributed by atoms with E-state index in [2.05, 4.69) is 4.90 Å². The molecular weight excluding hydrogens is 434 g/mol. The number of aryl methyl sites for hydroxylation is 3. The number of sulfonamides is 1. The summed E-state index contributed by atoms with van der Waals surface area (Å²) >= 11 is 6.16. The molecule has 0 aliphatic carbocycles. The van der Waals surface area contributed by atoms with Gasteiger partial charge in [0.2, 0.25) is 15.9 Å². The van der Waals surface area contributed by atoms with Crippen LogP contribution in [-0.2, 0) is 14.8 Å². The Kier molecular flexibility index (Phi) is 6.86. The first kappa shape index (κ1) is 23.4. The second-order valence-corrected chi connectivity index (χ2v) is 10.6. The highest BCUT2D eigenvalue weighted by Gasteiger charge is 2.33. The van der Waals surface area contributed by atoms with E-state index in [-0.39, 0.29) is 5.91 Å². The van der Waals surface area contributed by atoms with Gasteiger partial charge in [-0.15, -0.1) is 0 Å². The Bertz CT molecular complexity index is 1060. The van der Waals surface area contributed by atoms with E-state index in [1.54, 1.807) is 24.0 Å². The molecule has 1 saturated heterocycles. The largest absolute Gasteiger partial charge is 0.368 e. The van der Waals surface area contributed by atoms with Crippen LogP contribution in [0, 0.1) is 20.8 Å². The minimum Gasteiger partial charge on any atom is -0.368 e. The van der Waals surface area contributed by atoms with E-state index in [0.717, 1.165) is 28.6 Å². The van der Waals surface area contributed by atoms with Crippen LogP contribution in [0.3, 0.4) is 0 Å². The summed E-state index contributed by atoms with van der Waals surface area (Å²) in [6.45, 7) is 9.93. The molecule has 1 heterocycles. The minimum atomic E-state index is -3.64. The first-order chi connectivity index (χ1) is 14.5. The third kappa shape index (κ3) is 5.33. The third-order valence-electron chi connectivity index (χ3n) is 5.63. The summed E-state index contributed by atoms with van der Waals surface area (Å²) in [7, 11) is -3.64. The van der Waals surface area contributed by atoms with Crippen molar-refractivity contribution in [2.75, 3.05) is 41.6 Å². The van der Waals surface area contributed by atoms with Crippen LogP contribution >= 0.6 is 11.6 Å². The number of hydrogen-bond donors (Lipinski definition) is 0. The monoisotopic (exact) mass is 463 g/mol. The van der Waals surface area contributed by atoms with Crippen molar-refractivity contribution < 1.29 is 13.2 Å². The maximum Gasteiger partial charge on any atom is 0.246 e. The smallest absolute Gasteiger partial charge is 0.246 e. The predicted molar refractivity (Wildman–Crippen MR) is 128 cm³/mol. The molecule has 31 heavy (non-hydrogen) atoms. The SMILES string of the molecule is Cc1cc(C)cc(N(C(C)C(=O)N2CCN(c3cc(Cl)ccc3C)CC2)S(C)(=O)=O)c1. The van der Waals surface area contributed by atoms with E-state index < -0.39 is 16.1 Å². The van der Waals surface area contributed by atoms with E-state index >= 15 is 0 Å². The van der Waals surface area contributed by atoms with Gasteiger partial charge in [-0.1, -0.05) is 23.7 Å². The van der Waals surface area contributed by atoms with Gasteiger partial charge in [0.05, 0.1) is 11.9 Å². The van der Waals surface area contributed by atoms with Gasteiger partial charge >= 0.3 is 0 Å². The van der Waals surface area contributed by atoms with E-state index in [0.29, 0.717) is 36.9 Å². The van der Waals surface area contributed by atoms with Gasteiger partial charge in [-0.25, -0.2) is 8.42 Å². The normalized spacial score (nSPS) is 15.7. The molecule has 1 aliphatic rings. The van der Waals surface area contributed by atoms with Crippen LogP contribution < -0.4 is 9.21 Å². The lowest BCUT2D eigenvalue weighted by molar-refractivity contribution is -0.132. The average molecular weight is 464 g/mol. The molecule has 2 aromatic rings. The lowest BCUT2D eigenvalue weighted by Crippen LogP contribution is -2.55. The summed E-state index contributed by atoms with van der Waals surface area (Å²) in [6.07, 6.45) is 1.15. The first-order valence-electron chi connectivity index (χ1n) is 10.3. The van der Waals surface area contributed by atoms with Crippen LogP contribution in [0.15, 0.2) is 36.4 Å². The molecule has 0 bridgehead atoms. The van der Waals surface area contributed by atoms with Gasteiger partial charge in [0.15, 0.2) is 0 Å². The molecule has 168 valence electrons. The summed E-state index contributed by atoms with van der Waals surface area (Å²) < 4.78 is 26.5. The van der Waals surface area contributed by atoms with Crippen LogP contribution in [0.5, 0.6) is 0 Å². The van der Waals surface area contributed by atoms with Gasteiger partial charge in [-0.2, -0.15) is 0 Å². The number of anilines is 2. The Balaban J connectivity index is 1.78. The van der Waals surface area contributed by atoms with Crippen molar-refractivity contribution in [2.24, 2.45) is 0 Å². The number of rotatable bonds is 5.